The Kier molecular flexibility index (Phi) is 6.08. The van der Waals surface area contributed by atoms with Crippen LogP contribution < -0.4 is 10.1 Å². The topological polar surface area (TPSA) is 60.3 Å². The number of hydrogen-bond acceptors (Lipinski definition) is 4. The molecule has 5 nitrogen and oxygen atoms in total. The van der Waals surface area contributed by atoms with Crippen molar-refractivity contribution in [1.29, 1.82) is 0 Å². The first-order valence-electron chi connectivity index (χ1n) is 9.54. The standard InChI is InChI=1S/C23H21ClN2O3S/c24-19-11-9-18(10-12-19)17-25-14-16-29-23-8-4-7-22-21(23)13-15-26(22)30(27,28)20-5-2-1-3-6-20/h1-13,15,25H,14,16-17H2. The number of nitrogens with zero attached hydrogens (tertiary/aromatic N) is 1. The quantitative estimate of drug-likeness (QED) is 0.403. The molecule has 1 heterocycles. The number of aromatic nitrogens is 1. The highest BCUT2D eigenvalue weighted by Crippen LogP contribution is 2.29. The third-order valence-corrected chi connectivity index (χ3v) is 6.69. The van der Waals surface area contributed by atoms with E-state index < -0.39 is 10.0 Å². The van der Waals surface area contributed by atoms with Crippen molar-refractivity contribution in [1.82, 2.24) is 9.29 Å². The zero-order valence-corrected chi connectivity index (χ0v) is 17.7. The van der Waals surface area contributed by atoms with Gasteiger partial charge in [-0.3, -0.25) is 0 Å². The summed E-state index contributed by atoms with van der Waals surface area (Å²) in [6, 6.07) is 23.3. The molecular weight excluding hydrogens is 420 g/mol. The molecule has 154 valence electrons. The van der Waals surface area contributed by atoms with Gasteiger partial charge in [0.05, 0.1) is 10.4 Å². The van der Waals surface area contributed by atoms with Gasteiger partial charge in [0, 0.05) is 29.7 Å². The second kappa shape index (κ2) is 8.92. The average molecular weight is 441 g/mol. The van der Waals surface area contributed by atoms with Crippen molar-refractivity contribution in [2.24, 2.45) is 0 Å². The van der Waals surface area contributed by atoms with Gasteiger partial charge < -0.3 is 10.1 Å². The van der Waals surface area contributed by atoms with Gasteiger partial charge in [0.25, 0.3) is 10.0 Å². The smallest absolute Gasteiger partial charge is 0.268 e. The van der Waals surface area contributed by atoms with E-state index in [0.29, 0.717) is 24.4 Å². The van der Waals surface area contributed by atoms with Gasteiger partial charge in [0.15, 0.2) is 0 Å². The van der Waals surface area contributed by atoms with Crippen molar-refractivity contribution in [3.05, 3.63) is 95.6 Å². The average Bonchev–Trinajstić information content (AvgIpc) is 3.21. The van der Waals surface area contributed by atoms with E-state index in [0.717, 1.165) is 22.5 Å². The van der Waals surface area contributed by atoms with Gasteiger partial charge in [0.1, 0.15) is 12.4 Å². The monoisotopic (exact) mass is 440 g/mol. The number of rotatable bonds is 8. The Morgan fingerprint density at radius 3 is 2.43 bits per heavy atom. The summed E-state index contributed by atoms with van der Waals surface area (Å²) >= 11 is 5.90. The van der Waals surface area contributed by atoms with Crippen LogP contribution in [0.3, 0.4) is 0 Å². The van der Waals surface area contributed by atoms with Crippen LogP contribution in [0, 0.1) is 0 Å². The summed E-state index contributed by atoms with van der Waals surface area (Å²) in [4.78, 5) is 0.250. The van der Waals surface area contributed by atoms with E-state index >= 15 is 0 Å². The maximum Gasteiger partial charge on any atom is 0.268 e. The SMILES string of the molecule is O=S(=O)(c1ccccc1)n1ccc2c(OCCNCc3ccc(Cl)cc3)cccc21. The van der Waals surface area contributed by atoms with Crippen molar-refractivity contribution in [2.75, 3.05) is 13.2 Å². The van der Waals surface area contributed by atoms with Crippen molar-refractivity contribution in [2.45, 2.75) is 11.4 Å². The summed E-state index contributed by atoms with van der Waals surface area (Å²) in [6.07, 6.45) is 1.57. The maximum absolute atomic E-state index is 13.0. The van der Waals surface area contributed by atoms with Crippen LogP contribution in [0.4, 0.5) is 0 Å². The minimum absolute atomic E-state index is 0.250. The van der Waals surface area contributed by atoms with E-state index in [4.69, 9.17) is 16.3 Å². The minimum atomic E-state index is -3.66. The molecule has 0 unspecified atom stereocenters. The molecule has 4 rings (SSSR count). The predicted molar refractivity (Wildman–Crippen MR) is 120 cm³/mol. The fourth-order valence-electron chi connectivity index (χ4n) is 3.22. The van der Waals surface area contributed by atoms with Gasteiger partial charge in [-0.25, -0.2) is 12.4 Å². The van der Waals surface area contributed by atoms with Crippen LogP contribution in [0.1, 0.15) is 5.56 Å². The van der Waals surface area contributed by atoms with Crippen LogP contribution in [0.15, 0.2) is 90.0 Å². The normalized spacial score (nSPS) is 11.6. The highest BCUT2D eigenvalue weighted by atomic mass is 35.5. The fourth-order valence-corrected chi connectivity index (χ4v) is 4.72. The molecule has 1 N–H and O–H groups in total. The lowest BCUT2D eigenvalue weighted by molar-refractivity contribution is 0.317. The van der Waals surface area contributed by atoms with Crippen molar-refractivity contribution in [3.63, 3.8) is 0 Å². The van der Waals surface area contributed by atoms with Gasteiger partial charge in [0.2, 0.25) is 0 Å². The second-order valence-electron chi connectivity index (χ2n) is 6.77. The molecular formula is C23H21ClN2O3S. The molecule has 4 aromatic rings. The molecule has 0 aliphatic heterocycles. The van der Waals surface area contributed by atoms with E-state index in [1.165, 1.54) is 3.97 Å². The molecule has 0 bridgehead atoms. The van der Waals surface area contributed by atoms with Gasteiger partial charge in [-0.15, -0.1) is 0 Å². The van der Waals surface area contributed by atoms with E-state index in [1.807, 2.05) is 30.3 Å². The lowest BCUT2D eigenvalue weighted by Crippen LogP contribution is -2.20. The predicted octanol–water partition coefficient (Wildman–Crippen LogP) is 4.70. The third-order valence-electron chi connectivity index (χ3n) is 4.74. The molecule has 0 amide bonds. The van der Waals surface area contributed by atoms with Gasteiger partial charge in [-0.2, -0.15) is 0 Å². The number of nitrogens with one attached hydrogen (secondary N) is 1. The molecule has 30 heavy (non-hydrogen) atoms. The summed E-state index contributed by atoms with van der Waals surface area (Å²) in [5.41, 5.74) is 1.73. The molecule has 0 saturated heterocycles. The van der Waals surface area contributed by atoms with Crippen LogP contribution >= 0.6 is 11.6 Å². The molecule has 7 heteroatoms. The molecule has 0 aliphatic carbocycles. The van der Waals surface area contributed by atoms with Crippen molar-refractivity contribution >= 4 is 32.5 Å². The highest BCUT2D eigenvalue weighted by Gasteiger charge is 2.19. The Balaban J connectivity index is 1.44. The fraction of sp³-hybridized carbons (Fsp3) is 0.130. The Bertz CT molecular complexity index is 1240. The maximum atomic E-state index is 13.0. The first kappa shape index (κ1) is 20.5. The van der Waals surface area contributed by atoms with Crippen LogP contribution in [0.5, 0.6) is 5.75 Å². The number of fused-ring (bicyclic) bond motifs is 1. The highest BCUT2D eigenvalue weighted by molar-refractivity contribution is 7.90. The number of halogens is 1. The Morgan fingerprint density at radius 2 is 1.67 bits per heavy atom. The minimum Gasteiger partial charge on any atom is -0.492 e. The summed E-state index contributed by atoms with van der Waals surface area (Å²) in [5.74, 6) is 0.655. The zero-order valence-electron chi connectivity index (χ0n) is 16.2. The van der Waals surface area contributed by atoms with E-state index in [-0.39, 0.29) is 4.90 Å². The van der Waals surface area contributed by atoms with E-state index in [9.17, 15) is 8.42 Å². The van der Waals surface area contributed by atoms with Gasteiger partial charge in [-0.1, -0.05) is 48.0 Å². The molecule has 1 aromatic heterocycles. The number of ether oxygens (including phenoxy) is 1. The molecule has 3 aromatic carbocycles. The van der Waals surface area contributed by atoms with Crippen molar-refractivity contribution in [3.8, 4) is 5.75 Å². The summed E-state index contributed by atoms with van der Waals surface area (Å²) in [7, 11) is -3.66. The molecule has 0 saturated carbocycles. The van der Waals surface area contributed by atoms with E-state index in [1.54, 1.807) is 54.7 Å². The molecule has 0 aliphatic rings. The lowest BCUT2D eigenvalue weighted by Gasteiger charge is -2.10. The Morgan fingerprint density at radius 1 is 0.900 bits per heavy atom. The first-order chi connectivity index (χ1) is 14.6. The Hall–Kier alpha value is -2.80. The molecule has 0 fully saturated rings. The van der Waals surface area contributed by atoms with E-state index in [2.05, 4.69) is 5.32 Å². The first-order valence-corrected chi connectivity index (χ1v) is 11.4. The van der Waals surface area contributed by atoms with Crippen LogP contribution in [0.25, 0.3) is 10.9 Å². The zero-order chi connectivity index (χ0) is 21.0. The Labute approximate surface area is 180 Å². The number of benzene rings is 3. The number of hydrogen-bond donors (Lipinski definition) is 1. The van der Waals surface area contributed by atoms with Crippen LogP contribution in [0.2, 0.25) is 5.02 Å². The summed E-state index contributed by atoms with van der Waals surface area (Å²) in [5, 5.41) is 4.80. The summed E-state index contributed by atoms with van der Waals surface area (Å²) < 4.78 is 33.2. The van der Waals surface area contributed by atoms with Crippen LogP contribution in [-0.4, -0.2) is 25.5 Å². The van der Waals surface area contributed by atoms with Gasteiger partial charge in [-0.05, 0) is 48.0 Å². The van der Waals surface area contributed by atoms with Gasteiger partial charge >= 0.3 is 0 Å². The second-order valence-corrected chi connectivity index (χ2v) is 9.02. The van der Waals surface area contributed by atoms with Crippen molar-refractivity contribution < 1.29 is 13.2 Å². The third kappa shape index (κ3) is 4.36. The molecule has 0 spiro atoms. The molecule has 0 radical (unpaired) electrons. The van der Waals surface area contributed by atoms with Crippen LogP contribution in [-0.2, 0) is 16.6 Å². The lowest BCUT2D eigenvalue weighted by atomic mass is 10.2. The summed E-state index contributed by atoms with van der Waals surface area (Å²) in [6.45, 7) is 1.84. The molecule has 0 atom stereocenters. The largest absolute Gasteiger partial charge is 0.492 e.